The van der Waals surface area contributed by atoms with Crippen LogP contribution >= 0.6 is 11.6 Å². The van der Waals surface area contributed by atoms with Gasteiger partial charge < -0.3 is 4.74 Å². The predicted molar refractivity (Wildman–Crippen MR) is 106 cm³/mol. The van der Waals surface area contributed by atoms with Crippen LogP contribution in [-0.4, -0.2) is 29.6 Å². The van der Waals surface area contributed by atoms with Crippen LogP contribution in [0.5, 0.6) is 0 Å². The molecule has 0 bridgehead atoms. The van der Waals surface area contributed by atoms with Gasteiger partial charge in [0.25, 0.3) is 0 Å². The Bertz CT molecular complexity index is 806. The number of alkyl halides is 4. The summed E-state index contributed by atoms with van der Waals surface area (Å²) in [6.45, 7) is 7.78. The summed E-state index contributed by atoms with van der Waals surface area (Å²) in [6.07, 6.45) is -4.50. The van der Waals surface area contributed by atoms with Crippen molar-refractivity contribution in [3.8, 4) is 11.1 Å². The van der Waals surface area contributed by atoms with Crippen molar-refractivity contribution in [2.75, 3.05) is 13.1 Å². The molecule has 0 amide bonds. The monoisotopic (exact) mass is 411 g/mol. The first-order chi connectivity index (χ1) is 13.1. The van der Waals surface area contributed by atoms with E-state index < -0.39 is 11.7 Å². The van der Waals surface area contributed by atoms with Crippen LogP contribution in [0.3, 0.4) is 0 Å². The number of benzene rings is 2. The minimum atomic E-state index is -4.46. The van der Waals surface area contributed by atoms with Gasteiger partial charge in [0.05, 0.1) is 18.3 Å². The van der Waals surface area contributed by atoms with Crippen LogP contribution in [0.1, 0.15) is 37.5 Å². The molecular formula is C22H25ClF3NO. The van der Waals surface area contributed by atoms with Crippen molar-refractivity contribution < 1.29 is 17.9 Å². The van der Waals surface area contributed by atoms with Gasteiger partial charge in [0, 0.05) is 24.5 Å². The molecule has 0 N–H and O–H groups in total. The van der Waals surface area contributed by atoms with Crippen LogP contribution < -0.4 is 0 Å². The highest BCUT2D eigenvalue weighted by molar-refractivity contribution is 6.17. The quantitative estimate of drug-likeness (QED) is 0.550. The van der Waals surface area contributed by atoms with Crippen molar-refractivity contribution in [3.05, 3.63) is 59.2 Å². The van der Waals surface area contributed by atoms with E-state index in [4.69, 9.17) is 16.3 Å². The van der Waals surface area contributed by atoms with Gasteiger partial charge in [-0.05, 0) is 43.0 Å². The van der Waals surface area contributed by atoms with E-state index in [1.54, 1.807) is 30.3 Å². The Morgan fingerprint density at radius 1 is 1.04 bits per heavy atom. The molecule has 1 aliphatic rings. The summed E-state index contributed by atoms with van der Waals surface area (Å²) in [5.74, 6) is 0.327. The van der Waals surface area contributed by atoms with Gasteiger partial charge in [-0.25, -0.2) is 0 Å². The van der Waals surface area contributed by atoms with E-state index in [1.165, 1.54) is 12.1 Å². The highest BCUT2D eigenvalue weighted by Crippen LogP contribution is 2.40. The third-order valence-corrected chi connectivity index (χ3v) is 5.43. The highest BCUT2D eigenvalue weighted by Gasteiger charge is 2.38. The van der Waals surface area contributed by atoms with Crippen LogP contribution in [0.25, 0.3) is 11.1 Å². The zero-order chi connectivity index (χ0) is 20.5. The van der Waals surface area contributed by atoms with Crippen LogP contribution in [0.2, 0.25) is 0 Å². The average Bonchev–Trinajstić information content (AvgIpc) is 2.58. The number of nitrogens with zero attached hydrogens (tertiary/aromatic N) is 1. The van der Waals surface area contributed by atoms with Crippen LogP contribution in [-0.2, 0) is 23.4 Å². The third kappa shape index (κ3) is 4.70. The fraction of sp³-hybridized carbons (Fsp3) is 0.455. The number of halogens is 4. The van der Waals surface area contributed by atoms with E-state index in [-0.39, 0.29) is 29.4 Å². The van der Waals surface area contributed by atoms with Gasteiger partial charge in [-0.1, -0.05) is 42.5 Å². The zero-order valence-corrected chi connectivity index (χ0v) is 17.1. The van der Waals surface area contributed by atoms with Gasteiger partial charge in [-0.3, -0.25) is 4.90 Å². The first-order valence-corrected chi connectivity index (χ1v) is 9.84. The standard InChI is InChI=1S/C22H25ClF3NO/c1-21(2,3)27-12-18(13-27)28-14-17-5-4-6-19(20(17)22(24,25)26)16-9-7-15(11-23)8-10-16/h4-10,18H,11-14H2,1-3H3. The van der Waals surface area contributed by atoms with Crippen LogP contribution in [0.4, 0.5) is 13.2 Å². The first-order valence-electron chi connectivity index (χ1n) is 9.30. The van der Waals surface area contributed by atoms with Gasteiger partial charge >= 0.3 is 6.18 Å². The van der Waals surface area contributed by atoms with Crippen molar-refractivity contribution in [1.29, 1.82) is 0 Å². The molecule has 152 valence electrons. The van der Waals surface area contributed by atoms with Gasteiger partial charge in [0.1, 0.15) is 0 Å². The van der Waals surface area contributed by atoms with Gasteiger partial charge in [-0.15, -0.1) is 11.6 Å². The molecule has 1 fully saturated rings. The van der Waals surface area contributed by atoms with Crippen LogP contribution in [0, 0.1) is 0 Å². The van der Waals surface area contributed by atoms with E-state index in [0.717, 1.165) is 18.7 Å². The van der Waals surface area contributed by atoms with Crippen molar-refractivity contribution in [2.45, 2.75) is 51.1 Å². The Kier molecular flexibility index (Phi) is 6.08. The minimum Gasteiger partial charge on any atom is -0.371 e. The number of likely N-dealkylation sites (tertiary alicyclic amines) is 1. The second-order valence-electron chi connectivity index (χ2n) is 8.18. The lowest BCUT2D eigenvalue weighted by atomic mass is 9.94. The van der Waals surface area contributed by atoms with Crippen molar-refractivity contribution in [2.24, 2.45) is 0 Å². The lowest BCUT2D eigenvalue weighted by molar-refractivity contribution is -0.140. The molecule has 0 saturated carbocycles. The Morgan fingerprint density at radius 2 is 1.68 bits per heavy atom. The van der Waals surface area contributed by atoms with Gasteiger partial charge in [0.15, 0.2) is 0 Å². The maximum absolute atomic E-state index is 13.9. The molecule has 0 aliphatic carbocycles. The average molecular weight is 412 g/mol. The largest absolute Gasteiger partial charge is 0.417 e. The fourth-order valence-electron chi connectivity index (χ4n) is 3.37. The normalized spacial score (nSPS) is 16.2. The first kappa shape index (κ1) is 21.2. The molecule has 6 heteroatoms. The molecule has 0 spiro atoms. The number of ether oxygens (including phenoxy) is 1. The summed E-state index contributed by atoms with van der Waals surface area (Å²) in [5, 5.41) is 0. The molecule has 2 aromatic carbocycles. The minimum absolute atomic E-state index is 0.0352. The topological polar surface area (TPSA) is 12.5 Å². The third-order valence-electron chi connectivity index (χ3n) is 5.12. The van der Waals surface area contributed by atoms with Crippen LogP contribution in [0.15, 0.2) is 42.5 Å². The Morgan fingerprint density at radius 3 is 2.21 bits per heavy atom. The van der Waals surface area contributed by atoms with E-state index in [1.807, 2.05) is 0 Å². The molecule has 0 aromatic heterocycles. The molecular weight excluding hydrogens is 387 g/mol. The molecule has 2 aromatic rings. The summed E-state index contributed by atoms with van der Waals surface area (Å²) in [7, 11) is 0. The van der Waals surface area contributed by atoms with E-state index in [9.17, 15) is 13.2 Å². The zero-order valence-electron chi connectivity index (χ0n) is 16.3. The van der Waals surface area contributed by atoms with E-state index in [2.05, 4.69) is 25.7 Å². The summed E-state index contributed by atoms with van der Waals surface area (Å²) in [4.78, 5) is 2.25. The molecule has 0 atom stereocenters. The lowest BCUT2D eigenvalue weighted by Crippen LogP contribution is -2.59. The van der Waals surface area contributed by atoms with Gasteiger partial charge in [0.2, 0.25) is 0 Å². The lowest BCUT2D eigenvalue weighted by Gasteiger charge is -2.47. The number of hydrogen-bond donors (Lipinski definition) is 0. The Hall–Kier alpha value is -1.56. The van der Waals surface area contributed by atoms with Crippen molar-refractivity contribution in [3.63, 3.8) is 0 Å². The summed E-state index contributed by atoms with van der Waals surface area (Å²) >= 11 is 5.78. The number of hydrogen-bond acceptors (Lipinski definition) is 2. The second-order valence-corrected chi connectivity index (χ2v) is 8.44. The van der Waals surface area contributed by atoms with E-state index >= 15 is 0 Å². The SMILES string of the molecule is CC(C)(C)N1CC(OCc2cccc(-c3ccc(CCl)cc3)c2C(F)(F)F)C1. The molecule has 0 unspecified atom stereocenters. The maximum atomic E-state index is 13.9. The maximum Gasteiger partial charge on any atom is 0.417 e. The second kappa shape index (κ2) is 8.05. The molecule has 2 nitrogen and oxygen atoms in total. The summed E-state index contributed by atoms with van der Waals surface area (Å²) in [6, 6.07) is 11.5. The smallest absolute Gasteiger partial charge is 0.371 e. The Labute approximate surface area is 169 Å². The summed E-state index contributed by atoms with van der Waals surface area (Å²) in [5.41, 5.74) is 1.14. The highest BCUT2D eigenvalue weighted by atomic mass is 35.5. The number of rotatable bonds is 5. The fourth-order valence-corrected chi connectivity index (χ4v) is 3.55. The van der Waals surface area contributed by atoms with E-state index in [0.29, 0.717) is 11.4 Å². The molecule has 1 saturated heterocycles. The molecule has 1 aliphatic heterocycles. The predicted octanol–water partition coefficient (Wildman–Crippen LogP) is 6.11. The molecule has 1 heterocycles. The Balaban J connectivity index is 1.82. The van der Waals surface area contributed by atoms with Gasteiger partial charge in [-0.2, -0.15) is 13.2 Å². The molecule has 0 radical (unpaired) electrons. The molecule has 3 rings (SSSR count). The van der Waals surface area contributed by atoms with Crippen molar-refractivity contribution >= 4 is 11.6 Å². The molecule has 28 heavy (non-hydrogen) atoms. The van der Waals surface area contributed by atoms with Crippen molar-refractivity contribution in [1.82, 2.24) is 4.90 Å². The summed E-state index contributed by atoms with van der Waals surface area (Å²) < 4.78 is 47.5.